The minimum atomic E-state index is -0.384. The molecule has 37 heavy (non-hydrogen) atoms. The molecule has 0 radical (unpaired) electrons. The Bertz CT molecular complexity index is 1410. The first-order valence-corrected chi connectivity index (χ1v) is 13.1. The van der Waals surface area contributed by atoms with Crippen molar-refractivity contribution in [3.8, 4) is 17.2 Å². The van der Waals surface area contributed by atoms with E-state index in [0.717, 1.165) is 45.0 Å². The van der Waals surface area contributed by atoms with Gasteiger partial charge in [0.1, 0.15) is 11.1 Å². The number of hydrogen-bond donors (Lipinski definition) is 1. The van der Waals surface area contributed by atoms with Gasteiger partial charge in [-0.05, 0) is 31.3 Å². The van der Waals surface area contributed by atoms with Gasteiger partial charge >= 0.3 is 0 Å². The molecule has 194 valence electrons. The lowest BCUT2D eigenvalue weighted by Crippen LogP contribution is -2.44. The van der Waals surface area contributed by atoms with E-state index in [0.29, 0.717) is 59.4 Å². The number of piperazine rings is 1. The Morgan fingerprint density at radius 1 is 1.03 bits per heavy atom. The average molecular weight is 524 g/mol. The average Bonchev–Trinajstić information content (AvgIpc) is 2.91. The maximum atomic E-state index is 13.7. The van der Waals surface area contributed by atoms with Crippen LogP contribution in [0.1, 0.15) is 10.4 Å². The highest BCUT2D eigenvalue weighted by molar-refractivity contribution is 6.30. The second-order valence-corrected chi connectivity index (χ2v) is 10.2. The van der Waals surface area contributed by atoms with Gasteiger partial charge in [-0.1, -0.05) is 11.6 Å². The fourth-order valence-electron chi connectivity index (χ4n) is 5.22. The zero-order chi connectivity index (χ0) is 25.5. The van der Waals surface area contributed by atoms with Crippen molar-refractivity contribution in [2.75, 3.05) is 77.5 Å². The van der Waals surface area contributed by atoms with Crippen molar-refractivity contribution in [2.24, 2.45) is 0 Å². The van der Waals surface area contributed by atoms with Crippen LogP contribution >= 0.6 is 11.6 Å². The lowest BCUT2D eigenvalue weighted by Gasteiger charge is -2.35. The topological polar surface area (TPSA) is 79.3 Å². The molecule has 3 aromatic rings. The molecule has 1 aromatic heterocycles. The van der Waals surface area contributed by atoms with Crippen LogP contribution in [0.2, 0.25) is 5.02 Å². The Morgan fingerprint density at radius 2 is 1.81 bits per heavy atom. The molecule has 0 aliphatic carbocycles. The van der Waals surface area contributed by atoms with Crippen LogP contribution in [0.5, 0.6) is 11.5 Å². The molecule has 3 aliphatic heterocycles. The summed E-state index contributed by atoms with van der Waals surface area (Å²) in [6, 6.07) is 9.26. The number of amides is 1. The first kappa shape index (κ1) is 24.2. The molecule has 0 atom stereocenters. The number of carbonyl (C=O) groups excluding carboxylic acids is 1. The van der Waals surface area contributed by atoms with Gasteiger partial charge in [-0.15, -0.1) is 0 Å². The number of benzene rings is 2. The molecule has 6 rings (SSSR count). The molecule has 4 heterocycles. The van der Waals surface area contributed by atoms with Crippen LogP contribution in [0, 0.1) is 0 Å². The van der Waals surface area contributed by atoms with Crippen molar-refractivity contribution in [1.82, 2.24) is 19.7 Å². The lowest BCUT2D eigenvalue weighted by molar-refractivity contribution is 0.0383. The summed E-state index contributed by atoms with van der Waals surface area (Å²) in [7, 11) is 2.11. The van der Waals surface area contributed by atoms with E-state index in [-0.39, 0.29) is 16.9 Å². The van der Waals surface area contributed by atoms with Gasteiger partial charge in [0.15, 0.2) is 11.5 Å². The molecule has 9 nitrogen and oxygen atoms in total. The van der Waals surface area contributed by atoms with Crippen LogP contribution in [0.3, 0.4) is 0 Å². The lowest BCUT2D eigenvalue weighted by atomic mass is 10.1. The largest absolute Gasteiger partial charge is 0.453 e. The van der Waals surface area contributed by atoms with E-state index in [9.17, 15) is 9.59 Å². The molecule has 10 heteroatoms. The van der Waals surface area contributed by atoms with Crippen molar-refractivity contribution in [3.05, 3.63) is 57.3 Å². The van der Waals surface area contributed by atoms with Crippen LogP contribution in [0.4, 0.5) is 5.69 Å². The smallest absolute Gasteiger partial charge is 0.256 e. The summed E-state index contributed by atoms with van der Waals surface area (Å²) in [5, 5.41) is 3.95. The van der Waals surface area contributed by atoms with Crippen molar-refractivity contribution in [3.63, 3.8) is 0 Å². The number of nitrogens with one attached hydrogen (secondary N) is 1. The van der Waals surface area contributed by atoms with E-state index >= 15 is 0 Å². The summed E-state index contributed by atoms with van der Waals surface area (Å²) < 4.78 is 13.5. The minimum absolute atomic E-state index is 0.101. The monoisotopic (exact) mass is 523 g/mol. The number of fused-ring (bicyclic) bond motifs is 2. The summed E-state index contributed by atoms with van der Waals surface area (Å²) in [5.41, 5.74) is 2.05. The summed E-state index contributed by atoms with van der Waals surface area (Å²) in [6.07, 6.45) is 1.62. The van der Waals surface area contributed by atoms with Gasteiger partial charge in [0.2, 0.25) is 5.43 Å². The van der Waals surface area contributed by atoms with E-state index in [1.165, 1.54) is 0 Å². The number of rotatable bonds is 5. The minimum Gasteiger partial charge on any atom is -0.453 e. The van der Waals surface area contributed by atoms with Gasteiger partial charge in [-0.2, -0.15) is 0 Å². The van der Waals surface area contributed by atoms with Crippen LogP contribution in [-0.4, -0.2) is 92.9 Å². The van der Waals surface area contributed by atoms with Crippen LogP contribution in [0.25, 0.3) is 16.6 Å². The Labute approximate surface area is 220 Å². The third kappa shape index (κ3) is 4.68. The molecule has 0 bridgehead atoms. The predicted octanol–water partition coefficient (Wildman–Crippen LogP) is 2.56. The van der Waals surface area contributed by atoms with Gasteiger partial charge in [-0.3, -0.25) is 14.5 Å². The zero-order valence-corrected chi connectivity index (χ0v) is 21.6. The number of hydrogen-bond acceptors (Lipinski definition) is 7. The molecule has 2 fully saturated rings. The summed E-state index contributed by atoms with van der Waals surface area (Å²) in [4.78, 5) is 33.8. The molecule has 3 aliphatic rings. The first-order valence-electron chi connectivity index (χ1n) is 12.7. The number of ether oxygens (including phenoxy) is 2. The number of likely N-dealkylation sites (N-methyl/N-ethyl adjacent to an activating group) is 1. The summed E-state index contributed by atoms with van der Waals surface area (Å²) in [6.45, 7) is 7.82. The Hall–Kier alpha value is -3.11. The zero-order valence-electron chi connectivity index (χ0n) is 20.8. The number of aromatic nitrogens is 1. The molecular formula is C27H30ClN5O4. The number of carbonyl (C=O) groups is 1. The SMILES string of the molecule is CN1CCN(c2cc3c4c(c2)c(=O)c(C(=O)NCCN2CCOCC2)cn4-c2cc(Cl)ccc2O3)CC1. The van der Waals surface area contributed by atoms with E-state index in [1.54, 1.807) is 18.3 Å². The summed E-state index contributed by atoms with van der Waals surface area (Å²) in [5.74, 6) is 0.833. The van der Waals surface area contributed by atoms with Gasteiger partial charge in [0.05, 0.1) is 24.3 Å². The third-order valence-electron chi connectivity index (χ3n) is 7.38. The standard InChI is InChI=1S/C27H30ClN5O4/c1-30-6-8-32(9-7-30)19-15-20-25-24(16-19)37-23-3-2-18(28)14-22(23)33(25)17-21(26(20)34)27(35)29-4-5-31-10-12-36-13-11-31/h2-3,14-17H,4-13H2,1H3,(H,29,35). The maximum absolute atomic E-state index is 13.7. The highest BCUT2D eigenvalue weighted by Gasteiger charge is 2.27. The Kier molecular flexibility index (Phi) is 6.54. The van der Waals surface area contributed by atoms with E-state index in [4.69, 9.17) is 21.1 Å². The highest BCUT2D eigenvalue weighted by Crippen LogP contribution is 2.42. The van der Waals surface area contributed by atoms with E-state index < -0.39 is 0 Å². The fourth-order valence-corrected chi connectivity index (χ4v) is 5.39. The maximum Gasteiger partial charge on any atom is 0.256 e. The molecule has 0 spiro atoms. The Balaban J connectivity index is 1.40. The summed E-state index contributed by atoms with van der Waals surface area (Å²) >= 11 is 6.32. The molecule has 2 saturated heterocycles. The first-order chi connectivity index (χ1) is 18.0. The van der Waals surface area contributed by atoms with E-state index in [2.05, 4.69) is 27.1 Å². The molecule has 0 unspecified atom stereocenters. The van der Waals surface area contributed by atoms with Crippen LogP contribution in [0.15, 0.2) is 41.3 Å². The molecule has 1 amide bonds. The van der Waals surface area contributed by atoms with Crippen molar-refractivity contribution in [2.45, 2.75) is 0 Å². The molecule has 1 N–H and O–H groups in total. The number of anilines is 1. The van der Waals surface area contributed by atoms with Gasteiger partial charge < -0.3 is 29.2 Å². The third-order valence-corrected chi connectivity index (χ3v) is 7.61. The second kappa shape index (κ2) is 9.98. The fraction of sp³-hybridized carbons (Fsp3) is 0.407. The second-order valence-electron chi connectivity index (χ2n) is 9.80. The predicted molar refractivity (Wildman–Crippen MR) is 144 cm³/mol. The van der Waals surface area contributed by atoms with Crippen LogP contribution in [-0.2, 0) is 4.74 Å². The number of nitrogens with zero attached hydrogens (tertiary/aromatic N) is 4. The van der Waals surface area contributed by atoms with Crippen molar-refractivity contribution >= 4 is 34.1 Å². The number of morpholine rings is 1. The van der Waals surface area contributed by atoms with Crippen LogP contribution < -0.4 is 20.4 Å². The normalized spacial score (nSPS) is 17.9. The molecular weight excluding hydrogens is 494 g/mol. The van der Waals surface area contributed by atoms with Gasteiger partial charge in [0.25, 0.3) is 5.91 Å². The van der Waals surface area contributed by atoms with Crippen molar-refractivity contribution < 1.29 is 14.3 Å². The quantitative estimate of drug-likeness (QED) is 0.431. The van der Waals surface area contributed by atoms with E-state index in [1.807, 2.05) is 22.8 Å². The number of pyridine rings is 1. The van der Waals surface area contributed by atoms with Gasteiger partial charge in [0, 0.05) is 75.3 Å². The molecule has 0 saturated carbocycles. The highest BCUT2D eigenvalue weighted by atomic mass is 35.5. The Morgan fingerprint density at radius 3 is 2.59 bits per heavy atom. The van der Waals surface area contributed by atoms with Gasteiger partial charge in [-0.25, -0.2) is 0 Å². The van der Waals surface area contributed by atoms with Crippen molar-refractivity contribution in [1.29, 1.82) is 0 Å². The number of halogens is 1. The molecule has 2 aromatic carbocycles.